The summed E-state index contributed by atoms with van der Waals surface area (Å²) in [7, 11) is 1.54. The van der Waals surface area contributed by atoms with E-state index in [1.54, 1.807) is 0 Å². The number of rotatable bonds is 7. The first kappa shape index (κ1) is 15.4. The summed E-state index contributed by atoms with van der Waals surface area (Å²) < 4.78 is 10.2. The van der Waals surface area contributed by atoms with Gasteiger partial charge in [-0.1, -0.05) is 19.3 Å². The minimum absolute atomic E-state index is 0.0228. The zero-order valence-corrected chi connectivity index (χ0v) is 12.1. The molecule has 1 aromatic rings. The maximum atomic E-state index is 11.3. The van der Waals surface area contributed by atoms with Gasteiger partial charge in [0.05, 0.1) is 11.5 Å². The summed E-state index contributed by atoms with van der Waals surface area (Å²) in [5.74, 6) is 0.208. The molecule has 116 valence electrons. The highest BCUT2D eigenvalue weighted by molar-refractivity contribution is 5.61. The van der Waals surface area contributed by atoms with E-state index < -0.39 is 4.92 Å². The molecule has 0 aliphatic heterocycles. The number of hydrogen-bond acceptors (Lipinski definition) is 7. The molecule has 8 nitrogen and oxygen atoms in total. The molecule has 1 aliphatic carbocycles. The second-order valence-electron chi connectivity index (χ2n) is 4.95. The molecular weight excluding hydrogens is 276 g/mol. The van der Waals surface area contributed by atoms with Crippen molar-refractivity contribution in [3.63, 3.8) is 0 Å². The molecule has 1 saturated carbocycles. The van der Waals surface area contributed by atoms with Crippen LogP contribution in [0.25, 0.3) is 0 Å². The molecule has 0 amide bonds. The number of methoxy groups -OCH3 is 1. The number of nitrogens with one attached hydrogen (secondary N) is 1. The lowest BCUT2D eigenvalue weighted by atomic mass is 9.95. The molecule has 0 saturated heterocycles. The molecule has 0 unspecified atom stereocenters. The molecule has 2 rings (SSSR count). The Labute approximate surface area is 123 Å². The van der Waals surface area contributed by atoms with Crippen LogP contribution in [0.1, 0.15) is 32.1 Å². The van der Waals surface area contributed by atoms with E-state index in [-0.39, 0.29) is 30.0 Å². The van der Waals surface area contributed by atoms with Crippen LogP contribution in [0.15, 0.2) is 6.33 Å². The average Bonchev–Trinajstić information content (AvgIpc) is 2.48. The Morgan fingerprint density at radius 1 is 1.33 bits per heavy atom. The highest BCUT2D eigenvalue weighted by Crippen LogP contribution is 2.32. The summed E-state index contributed by atoms with van der Waals surface area (Å²) in [6.07, 6.45) is 6.76. The predicted molar refractivity (Wildman–Crippen MR) is 76.6 cm³/mol. The standard InChI is InChI=1S/C13H20N4O4/c1-20-7-8-21-13-11(17(18)19)12(14-9-15-13)16-10-5-3-2-4-6-10/h9-10H,2-8H2,1H3,(H,14,15,16). The number of hydrogen-bond donors (Lipinski definition) is 1. The predicted octanol–water partition coefficient (Wildman–Crippen LogP) is 2.15. The lowest BCUT2D eigenvalue weighted by Gasteiger charge is -2.23. The van der Waals surface area contributed by atoms with Crippen molar-refractivity contribution in [1.29, 1.82) is 0 Å². The Balaban J connectivity index is 2.14. The SMILES string of the molecule is COCCOc1ncnc(NC2CCCCC2)c1[N+](=O)[O-]. The fourth-order valence-electron chi connectivity index (χ4n) is 2.40. The van der Waals surface area contributed by atoms with Crippen LogP contribution in [0.2, 0.25) is 0 Å². The third kappa shape index (κ3) is 4.25. The molecule has 0 bridgehead atoms. The van der Waals surface area contributed by atoms with E-state index in [1.165, 1.54) is 19.9 Å². The van der Waals surface area contributed by atoms with E-state index in [9.17, 15) is 10.1 Å². The number of nitrogens with zero attached hydrogens (tertiary/aromatic N) is 3. The largest absolute Gasteiger partial charge is 0.470 e. The van der Waals surface area contributed by atoms with E-state index in [4.69, 9.17) is 9.47 Å². The van der Waals surface area contributed by atoms with E-state index >= 15 is 0 Å². The Hall–Kier alpha value is -1.96. The first-order chi connectivity index (χ1) is 10.2. The summed E-state index contributed by atoms with van der Waals surface area (Å²) in [4.78, 5) is 18.6. The van der Waals surface area contributed by atoms with E-state index in [1.807, 2.05) is 0 Å². The Bertz CT molecular complexity index is 477. The van der Waals surface area contributed by atoms with Gasteiger partial charge in [0, 0.05) is 13.2 Å². The first-order valence-corrected chi connectivity index (χ1v) is 7.10. The molecule has 8 heteroatoms. The van der Waals surface area contributed by atoms with Gasteiger partial charge in [0.25, 0.3) is 5.88 Å². The highest BCUT2D eigenvalue weighted by Gasteiger charge is 2.26. The van der Waals surface area contributed by atoms with Crippen LogP contribution in [0.4, 0.5) is 11.5 Å². The zero-order valence-electron chi connectivity index (χ0n) is 12.1. The van der Waals surface area contributed by atoms with Gasteiger partial charge in [-0.25, -0.2) is 4.98 Å². The minimum atomic E-state index is -0.507. The van der Waals surface area contributed by atoms with Gasteiger partial charge in [-0.2, -0.15) is 4.98 Å². The van der Waals surface area contributed by atoms with Crippen LogP contribution < -0.4 is 10.1 Å². The third-order valence-electron chi connectivity index (χ3n) is 3.44. The first-order valence-electron chi connectivity index (χ1n) is 7.10. The van der Waals surface area contributed by atoms with E-state index in [2.05, 4.69) is 15.3 Å². The summed E-state index contributed by atoms with van der Waals surface area (Å²) in [5, 5.41) is 14.4. The van der Waals surface area contributed by atoms with E-state index in [0.29, 0.717) is 6.61 Å². The summed E-state index contributed by atoms with van der Waals surface area (Å²) in [6.45, 7) is 0.545. The molecule has 0 atom stereocenters. The van der Waals surface area contributed by atoms with Gasteiger partial charge in [0.2, 0.25) is 5.82 Å². The lowest BCUT2D eigenvalue weighted by Crippen LogP contribution is -2.23. The normalized spacial score (nSPS) is 15.7. The monoisotopic (exact) mass is 296 g/mol. The van der Waals surface area contributed by atoms with Crippen LogP contribution in [-0.2, 0) is 4.74 Å². The van der Waals surface area contributed by atoms with Crippen LogP contribution in [0, 0.1) is 10.1 Å². The second kappa shape index (κ2) is 7.72. The van der Waals surface area contributed by atoms with Crippen molar-refractivity contribution in [3.8, 4) is 5.88 Å². The lowest BCUT2D eigenvalue weighted by molar-refractivity contribution is -0.385. The van der Waals surface area contributed by atoms with Gasteiger partial charge in [0.15, 0.2) is 0 Å². The zero-order chi connectivity index (χ0) is 15.1. The van der Waals surface area contributed by atoms with Gasteiger partial charge < -0.3 is 14.8 Å². The van der Waals surface area contributed by atoms with Gasteiger partial charge in [-0.05, 0) is 12.8 Å². The van der Waals surface area contributed by atoms with Crippen molar-refractivity contribution in [3.05, 3.63) is 16.4 Å². The van der Waals surface area contributed by atoms with Crippen molar-refractivity contribution in [2.75, 3.05) is 25.6 Å². The molecule has 1 N–H and O–H groups in total. The van der Waals surface area contributed by atoms with Crippen molar-refractivity contribution < 1.29 is 14.4 Å². The highest BCUT2D eigenvalue weighted by atomic mass is 16.6. The van der Waals surface area contributed by atoms with Crippen molar-refractivity contribution in [2.45, 2.75) is 38.1 Å². The van der Waals surface area contributed by atoms with Gasteiger partial charge in [0.1, 0.15) is 12.9 Å². The fourth-order valence-corrected chi connectivity index (χ4v) is 2.40. The molecule has 1 aliphatic rings. The minimum Gasteiger partial charge on any atom is -0.470 e. The molecule has 1 heterocycles. The molecule has 1 aromatic heterocycles. The molecular formula is C13H20N4O4. The van der Waals surface area contributed by atoms with Gasteiger partial charge in [-0.3, -0.25) is 10.1 Å². The fraction of sp³-hybridized carbons (Fsp3) is 0.692. The quantitative estimate of drug-likeness (QED) is 0.467. The van der Waals surface area contributed by atoms with Gasteiger partial charge in [-0.15, -0.1) is 0 Å². The smallest absolute Gasteiger partial charge is 0.372 e. The number of nitro groups is 1. The molecule has 1 fully saturated rings. The van der Waals surface area contributed by atoms with Crippen molar-refractivity contribution >= 4 is 11.5 Å². The van der Waals surface area contributed by atoms with Gasteiger partial charge >= 0.3 is 5.69 Å². The molecule has 0 spiro atoms. The maximum absolute atomic E-state index is 11.3. The Morgan fingerprint density at radius 3 is 2.76 bits per heavy atom. The van der Waals surface area contributed by atoms with Crippen molar-refractivity contribution in [2.24, 2.45) is 0 Å². The topological polar surface area (TPSA) is 99.4 Å². The van der Waals surface area contributed by atoms with Crippen LogP contribution in [0.3, 0.4) is 0 Å². The summed E-state index contributed by atoms with van der Waals surface area (Å²) in [6, 6.07) is 0.221. The number of aromatic nitrogens is 2. The number of ether oxygens (including phenoxy) is 2. The third-order valence-corrected chi connectivity index (χ3v) is 3.44. The summed E-state index contributed by atoms with van der Waals surface area (Å²) >= 11 is 0. The van der Waals surface area contributed by atoms with E-state index in [0.717, 1.165) is 25.7 Å². The summed E-state index contributed by atoms with van der Waals surface area (Å²) in [5.41, 5.74) is -0.209. The van der Waals surface area contributed by atoms with Crippen LogP contribution in [-0.4, -0.2) is 41.3 Å². The molecule has 0 radical (unpaired) electrons. The second-order valence-corrected chi connectivity index (χ2v) is 4.95. The number of anilines is 1. The Kier molecular flexibility index (Phi) is 5.68. The molecule has 0 aromatic carbocycles. The molecule has 21 heavy (non-hydrogen) atoms. The average molecular weight is 296 g/mol. The Morgan fingerprint density at radius 2 is 2.10 bits per heavy atom. The van der Waals surface area contributed by atoms with Crippen LogP contribution >= 0.6 is 0 Å². The van der Waals surface area contributed by atoms with Crippen LogP contribution in [0.5, 0.6) is 5.88 Å². The van der Waals surface area contributed by atoms with Crippen molar-refractivity contribution in [1.82, 2.24) is 9.97 Å². The maximum Gasteiger partial charge on any atom is 0.372 e.